The standard InChI is InChI=1S/C13H26N2O/c1-13(2,3)9-15(4)12(16)10-6-5-7-11(14)8-10/h10-11H,5-9,14H2,1-4H3. The third-order valence-electron chi connectivity index (χ3n) is 3.15. The summed E-state index contributed by atoms with van der Waals surface area (Å²) >= 11 is 0. The molecule has 0 aromatic heterocycles. The van der Waals surface area contributed by atoms with E-state index in [1.807, 2.05) is 11.9 Å². The van der Waals surface area contributed by atoms with E-state index in [1.54, 1.807) is 0 Å². The predicted octanol–water partition coefficient (Wildman–Crippen LogP) is 2.01. The summed E-state index contributed by atoms with van der Waals surface area (Å²) in [6.45, 7) is 7.29. The van der Waals surface area contributed by atoms with Crippen LogP contribution < -0.4 is 5.73 Å². The first-order valence-corrected chi connectivity index (χ1v) is 6.30. The van der Waals surface area contributed by atoms with Crippen LogP contribution in [0.2, 0.25) is 0 Å². The maximum Gasteiger partial charge on any atom is 0.225 e. The van der Waals surface area contributed by atoms with Crippen molar-refractivity contribution < 1.29 is 4.79 Å². The Morgan fingerprint density at radius 3 is 2.50 bits per heavy atom. The Balaban J connectivity index is 2.49. The quantitative estimate of drug-likeness (QED) is 0.783. The van der Waals surface area contributed by atoms with Crippen molar-refractivity contribution in [3.8, 4) is 0 Å². The number of amides is 1. The van der Waals surface area contributed by atoms with E-state index in [1.165, 1.54) is 0 Å². The van der Waals surface area contributed by atoms with Gasteiger partial charge in [0, 0.05) is 25.6 Å². The van der Waals surface area contributed by atoms with Crippen molar-refractivity contribution in [2.45, 2.75) is 52.5 Å². The van der Waals surface area contributed by atoms with Crippen LogP contribution in [-0.4, -0.2) is 30.4 Å². The Hall–Kier alpha value is -0.570. The molecule has 0 aromatic carbocycles. The molecule has 3 nitrogen and oxygen atoms in total. The van der Waals surface area contributed by atoms with Gasteiger partial charge in [-0.2, -0.15) is 0 Å². The van der Waals surface area contributed by atoms with Crippen LogP contribution >= 0.6 is 0 Å². The molecule has 1 saturated carbocycles. The summed E-state index contributed by atoms with van der Waals surface area (Å²) in [4.78, 5) is 14.1. The minimum atomic E-state index is 0.163. The monoisotopic (exact) mass is 226 g/mol. The van der Waals surface area contributed by atoms with Gasteiger partial charge in [-0.1, -0.05) is 27.2 Å². The molecule has 1 aliphatic rings. The van der Waals surface area contributed by atoms with E-state index in [2.05, 4.69) is 20.8 Å². The molecule has 0 radical (unpaired) electrons. The van der Waals surface area contributed by atoms with Crippen molar-refractivity contribution in [2.24, 2.45) is 17.1 Å². The number of nitrogens with two attached hydrogens (primary N) is 1. The second-order valence-corrected chi connectivity index (χ2v) is 6.38. The fourth-order valence-electron chi connectivity index (χ4n) is 2.55. The average molecular weight is 226 g/mol. The van der Waals surface area contributed by atoms with Gasteiger partial charge in [-0.25, -0.2) is 0 Å². The van der Waals surface area contributed by atoms with Crippen molar-refractivity contribution in [3.63, 3.8) is 0 Å². The van der Waals surface area contributed by atoms with E-state index in [0.717, 1.165) is 32.2 Å². The molecule has 16 heavy (non-hydrogen) atoms. The molecule has 2 N–H and O–H groups in total. The highest BCUT2D eigenvalue weighted by atomic mass is 16.2. The molecule has 0 aromatic rings. The van der Waals surface area contributed by atoms with Crippen LogP contribution in [0.15, 0.2) is 0 Å². The molecule has 0 spiro atoms. The number of carbonyl (C=O) groups excluding carboxylic acids is 1. The Bertz CT molecular complexity index is 245. The van der Waals surface area contributed by atoms with E-state index in [4.69, 9.17) is 5.73 Å². The van der Waals surface area contributed by atoms with Gasteiger partial charge in [-0.15, -0.1) is 0 Å². The summed E-state index contributed by atoms with van der Waals surface area (Å²) in [6, 6.07) is 0.228. The lowest BCUT2D eigenvalue weighted by Crippen LogP contribution is -2.41. The maximum absolute atomic E-state index is 12.2. The summed E-state index contributed by atoms with van der Waals surface area (Å²) in [5.74, 6) is 0.446. The van der Waals surface area contributed by atoms with Gasteiger partial charge in [0.05, 0.1) is 0 Å². The second kappa shape index (κ2) is 5.17. The number of hydrogen-bond acceptors (Lipinski definition) is 2. The second-order valence-electron chi connectivity index (χ2n) is 6.38. The van der Waals surface area contributed by atoms with Crippen molar-refractivity contribution in [1.82, 2.24) is 4.90 Å². The first-order chi connectivity index (χ1) is 7.29. The van der Waals surface area contributed by atoms with Crippen LogP contribution in [-0.2, 0) is 4.79 Å². The first kappa shape index (κ1) is 13.5. The van der Waals surface area contributed by atoms with Crippen LogP contribution in [0, 0.1) is 11.3 Å². The Kier molecular flexibility index (Phi) is 4.36. The number of nitrogens with zero attached hydrogens (tertiary/aromatic N) is 1. The van der Waals surface area contributed by atoms with E-state index in [9.17, 15) is 4.79 Å². The van der Waals surface area contributed by atoms with E-state index in [0.29, 0.717) is 0 Å². The Labute approximate surface area is 99.4 Å². The molecule has 1 aliphatic carbocycles. The third-order valence-corrected chi connectivity index (χ3v) is 3.15. The highest BCUT2D eigenvalue weighted by Gasteiger charge is 2.28. The molecule has 0 heterocycles. The summed E-state index contributed by atoms with van der Waals surface area (Å²) in [5.41, 5.74) is 6.09. The van der Waals surface area contributed by atoms with Crippen LogP contribution in [0.25, 0.3) is 0 Å². The lowest BCUT2D eigenvalue weighted by molar-refractivity contribution is -0.136. The number of hydrogen-bond donors (Lipinski definition) is 1. The Morgan fingerprint density at radius 1 is 1.38 bits per heavy atom. The zero-order valence-corrected chi connectivity index (χ0v) is 11.1. The topological polar surface area (TPSA) is 46.3 Å². The lowest BCUT2D eigenvalue weighted by atomic mass is 9.85. The van der Waals surface area contributed by atoms with Crippen LogP contribution in [0.5, 0.6) is 0 Å². The fourth-order valence-corrected chi connectivity index (χ4v) is 2.55. The molecular formula is C13H26N2O. The van der Waals surface area contributed by atoms with Crippen LogP contribution in [0.1, 0.15) is 46.5 Å². The molecule has 2 atom stereocenters. The first-order valence-electron chi connectivity index (χ1n) is 6.30. The molecule has 0 bridgehead atoms. The van der Waals surface area contributed by atoms with Gasteiger partial charge in [0.2, 0.25) is 5.91 Å². The normalized spacial score (nSPS) is 26.6. The molecular weight excluding hydrogens is 200 g/mol. The molecule has 1 fully saturated rings. The lowest BCUT2D eigenvalue weighted by Gasteiger charge is -2.32. The van der Waals surface area contributed by atoms with Crippen LogP contribution in [0.4, 0.5) is 0 Å². The molecule has 1 rings (SSSR count). The van der Waals surface area contributed by atoms with Gasteiger partial charge in [-0.3, -0.25) is 4.79 Å². The van der Waals surface area contributed by atoms with Gasteiger partial charge in [0.25, 0.3) is 0 Å². The summed E-state index contributed by atoms with van der Waals surface area (Å²) < 4.78 is 0. The number of rotatable bonds is 2. The van der Waals surface area contributed by atoms with Crippen molar-refractivity contribution >= 4 is 5.91 Å². The van der Waals surface area contributed by atoms with Gasteiger partial charge in [0.1, 0.15) is 0 Å². The molecule has 94 valence electrons. The third kappa shape index (κ3) is 4.12. The van der Waals surface area contributed by atoms with Gasteiger partial charge >= 0.3 is 0 Å². The van der Waals surface area contributed by atoms with Gasteiger partial charge in [-0.05, 0) is 24.7 Å². The number of carbonyl (C=O) groups is 1. The minimum absolute atomic E-state index is 0.163. The van der Waals surface area contributed by atoms with Crippen molar-refractivity contribution in [3.05, 3.63) is 0 Å². The highest BCUT2D eigenvalue weighted by molar-refractivity contribution is 5.78. The predicted molar refractivity (Wildman–Crippen MR) is 67.0 cm³/mol. The SMILES string of the molecule is CN(CC(C)(C)C)C(=O)C1CCCC(N)C1. The highest BCUT2D eigenvalue weighted by Crippen LogP contribution is 2.25. The van der Waals surface area contributed by atoms with Crippen molar-refractivity contribution in [1.29, 1.82) is 0 Å². The zero-order valence-electron chi connectivity index (χ0n) is 11.1. The smallest absolute Gasteiger partial charge is 0.225 e. The molecule has 0 aliphatic heterocycles. The molecule has 3 heteroatoms. The average Bonchev–Trinajstić information content (AvgIpc) is 2.14. The summed E-state index contributed by atoms with van der Waals surface area (Å²) in [6.07, 6.45) is 4.06. The summed E-state index contributed by atoms with van der Waals surface area (Å²) in [7, 11) is 1.91. The van der Waals surface area contributed by atoms with Crippen LogP contribution in [0.3, 0.4) is 0 Å². The molecule has 1 amide bonds. The molecule has 0 saturated heterocycles. The largest absolute Gasteiger partial charge is 0.345 e. The maximum atomic E-state index is 12.2. The van der Waals surface area contributed by atoms with Crippen molar-refractivity contribution in [2.75, 3.05) is 13.6 Å². The van der Waals surface area contributed by atoms with E-state index < -0.39 is 0 Å². The summed E-state index contributed by atoms with van der Waals surface area (Å²) in [5, 5.41) is 0. The molecule has 2 unspecified atom stereocenters. The van der Waals surface area contributed by atoms with Gasteiger partial charge < -0.3 is 10.6 Å². The van der Waals surface area contributed by atoms with Gasteiger partial charge in [0.15, 0.2) is 0 Å². The zero-order chi connectivity index (χ0) is 12.3. The van der Waals surface area contributed by atoms with E-state index >= 15 is 0 Å². The minimum Gasteiger partial charge on any atom is -0.345 e. The van der Waals surface area contributed by atoms with E-state index in [-0.39, 0.29) is 23.3 Å². The fraction of sp³-hybridized carbons (Fsp3) is 0.923. The Morgan fingerprint density at radius 2 is 2.00 bits per heavy atom.